The number of nitrogens with one attached hydrogen (secondary N) is 1. The van der Waals surface area contributed by atoms with Crippen LogP contribution >= 0.6 is 0 Å². The van der Waals surface area contributed by atoms with Crippen LogP contribution < -0.4 is 0 Å². The minimum Gasteiger partial charge on any atom is -0.359 e. The van der Waals surface area contributed by atoms with Crippen LogP contribution in [0.5, 0.6) is 0 Å². The SMILES string of the molecule is Cc1cc(C)c2cc3nc4ccccc4c3cc2[nH]1. The van der Waals surface area contributed by atoms with Crippen LogP contribution in [-0.2, 0) is 0 Å². The minimum absolute atomic E-state index is 1.07. The molecule has 2 aromatic carbocycles. The number of hydrogen-bond acceptors (Lipinski definition) is 1. The van der Waals surface area contributed by atoms with Gasteiger partial charge in [-0.2, -0.15) is 0 Å². The molecule has 2 heteroatoms. The highest BCUT2D eigenvalue weighted by Gasteiger charge is 2.08. The Bertz CT molecular complexity index is 932. The molecule has 0 radical (unpaired) electrons. The van der Waals surface area contributed by atoms with Crippen molar-refractivity contribution in [3.8, 4) is 0 Å². The fourth-order valence-electron chi connectivity index (χ4n) is 2.91. The van der Waals surface area contributed by atoms with Gasteiger partial charge in [0.25, 0.3) is 0 Å². The molecule has 92 valence electrons. The van der Waals surface area contributed by atoms with Crippen molar-refractivity contribution in [3.05, 3.63) is 53.7 Å². The zero-order valence-corrected chi connectivity index (χ0v) is 11.0. The quantitative estimate of drug-likeness (QED) is 0.486. The summed E-state index contributed by atoms with van der Waals surface area (Å²) >= 11 is 0. The predicted octanol–water partition coefficient (Wildman–Crippen LogP) is 4.49. The van der Waals surface area contributed by atoms with Gasteiger partial charge in [0.05, 0.1) is 11.0 Å². The van der Waals surface area contributed by atoms with E-state index in [1.165, 1.54) is 32.9 Å². The molecule has 0 spiro atoms. The number of pyridine rings is 1. The summed E-state index contributed by atoms with van der Waals surface area (Å²) in [5.74, 6) is 0. The highest BCUT2D eigenvalue weighted by Crippen LogP contribution is 2.30. The van der Waals surface area contributed by atoms with Crippen molar-refractivity contribution in [3.63, 3.8) is 0 Å². The fourth-order valence-corrected chi connectivity index (χ4v) is 2.91. The van der Waals surface area contributed by atoms with Crippen LogP contribution in [0.2, 0.25) is 0 Å². The van der Waals surface area contributed by atoms with E-state index in [4.69, 9.17) is 4.98 Å². The van der Waals surface area contributed by atoms with Crippen molar-refractivity contribution in [2.24, 2.45) is 0 Å². The number of hydrogen-bond donors (Lipinski definition) is 1. The van der Waals surface area contributed by atoms with Gasteiger partial charge >= 0.3 is 0 Å². The van der Waals surface area contributed by atoms with E-state index in [0.717, 1.165) is 11.0 Å². The molecule has 0 atom stereocenters. The van der Waals surface area contributed by atoms with E-state index < -0.39 is 0 Å². The molecule has 0 aliphatic heterocycles. The highest BCUT2D eigenvalue weighted by atomic mass is 14.7. The number of aromatic amines is 1. The molecule has 2 nitrogen and oxygen atoms in total. The van der Waals surface area contributed by atoms with Crippen LogP contribution in [0.15, 0.2) is 42.5 Å². The highest BCUT2D eigenvalue weighted by molar-refractivity contribution is 6.11. The van der Waals surface area contributed by atoms with Crippen LogP contribution in [-0.4, -0.2) is 9.97 Å². The Kier molecular flexibility index (Phi) is 1.99. The molecule has 0 bridgehead atoms. The first-order valence-electron chi connectivity index (χ1n) is 6.51. The molecule has 0 saturated carbocycles. The number of para-hydroxylation sites is 1. The molecular weight excluding hydrogens is 232 g/mol. The zero-order chi connectivity index (χ0) is 13.0. The molecule has 0 amide bonds. The molecule has 2 heterocycles. The van der Waals surface area contributed by atoms with Gasteiger partial charge in [-0.05, 0) is 43.7 Å². The first kappa shape index (κ1) is 10.6. The monoisotopic (exact) mass is 246 g/mol. The first-order valence-corrected chi connectivity index (χ1v) is 6.51. The van der Waals surface area contributed by atoms with Crippen molar-refractivity contribution in [2.45, 2.75) is 13.8 Å². The predicted molar refractivity (Wildman–Crippen MR) is 80.6 cm³/mol. The standard InChI is InChI=1S/C17H14N2/c1-10-7-11(2)18-16-9-14-12-5-3-4-6-15(12)19-17(14)8-13(10)16/h3-9,18H,1-2H3. The molecule has 0 saturated heterocycles. The lowest BCUT2D eigenvalue weighted by Gasteiger charge is -2.05. The maximum Gasteiger partial charge on any atom is 0.0723 e. The lowest BCUT2D eigenvalue weighted by molar-refractivity contribution is 1.24. The third kappa shape index (κ3) is 1.46. The Morgan fingerprint density at radius 1 is 0.842 bits per heavy atom. The summed E-state index contributed by atoms with van der Waals surface area (Å²) in [6, 6.07) is 14.9. The zero-order valence-electron chi connectivity index (χ0n) is 11.0. The van der Waals surface area contributed by atoms with Gasteiger partial charge in [0.2, 0.25) is 0 Å². The Morgan fingerprint density at radius 3 is 2.58 bits per heavy atom. The average Bonchev–Trinajstić information content (AvgIpc) is 2.74. The van der Waals surface area contributed by atoms with E-state index in [2.05, 4.69) is 55.2 Å². The maximum atomic E-state index is 4.71. The number of benzene rings is 2. The lowest BCUT2D eigenvalue weighted by Crippen LogP contribution is -1.87. The third-order valence-electron chi connectivity index (χ3n) is 3.76. The van der Waals surface area contributed by atoms with Gasteiger partial charge in [-0.25, -0.2) is 4.98 Å². The summed E-state index contributed by atoms with van der Waals surface area (Å²) in [7, 11) is 0. The molecule has 0 aliphatic rings. The summed E-state index contributed by atoms with van der Waals surface area (Å²) < 4.78 is 0. The van der Waals surface area contributed by atoms with Crippen molar-refractivity contribution in [1.82, 2.24) is 9.97 Å². The van der Waals surface area contributed by atoms with E-state index >= 15 is 0 Å². The topological polar surface area (TPSA) is 28.7 Å². The van der Waals surface area contributed by atoms with E-state index in [1.54, 1.807) is 0 Å². The van der Waals surface area contributed by atoms with Gasteiger partial charge < -0.3 is 4.98 Å². The van der Waals surface area contributed by atoms with Gasteiger partial charge in [-0.3, -0.25) is 0 Å². The first-order chi connectivity index (χ1) is 9.22. The smallest absolute Gasteiger partial charge is 0.0723 e. The van der Waals surface area contributed by atoms with Crippen LogP contribution in [0, 0.1) is 13.8 Å². The summed E-state index contributed by atoms with van der Waals surface area (Å²) in [6.45, 7) is 4.25. The van der Waals surface area contributed by atoms with Crippen molar-refractivity contribution >= 4 is 32.7 Å². The molecule has 4 aromatic rings. The van der Waals surface area contributed by atoms with Gasteiger partial charge in [0.1, 0.15) is 0 Å². The Balaban J connectivity index is 2.25. The Labute approximate surface area is 111 Å². The summed E-state index contributed by atoms with van der Waals surface area (Å²) in [5.41, 5.74) is 5.81. The summed E-state index contributed by atoms with van der Waals surface area (Å²) in [4.78, 5) is 8.16. The van der Waals surface area contributed by atoms with Gasteiger partial charge in [0, 0.05) is 27.4 Å². The average molecular weight is 246 g/mol. The molecule has 1 N–H and O–H groups in total. The number of rotatable bonds is 0. The van der Waals surface area contributed by atoms with Crippen LogP contribution in [0.25, 0.3) is 32.7 Å². The Morgan fingerprint density at radius 2 is 1.68 bits per heavy atom. The number of fused-ring (bicyclic) bond motifs is 4. The van der Waals surface area contributed by atoms with Crippen molar-refractivity contribution in [1.29, 1.82) is 0 Å². The molecule has 0 unspecified atom stereocenters. The molecular formula is C17H14N2. The number of aryl methyl sites for hydroxylation is 2. The second kappa shape index (κ2) is 3.58. The molecule has 4 rings (SSSR count). The molecule has 2 aromatic heterocycles. The number of nitrogens with zero attached hydrogens (tertiary/aromatic N) is 1. The van der Waals surface area contributed by atoms with E-state index in [0.29, 0.717) is 0 Å². The number of H-pyrrole nitrogens is 1. The van der Waals surface area contributed by atoms with Crippen LogP contribution in [0.1, 0.15) is 11.3 Å². The lowest BCUT2D eigenvalue weighted by atomic mass is 10.1. The summed E-state index contributed by atoms with van der Waals surface area (Å²) in [6.07, 6.45) is 0. The molecule has 19 heavy (non-hydrogen) atoms. The number of aromatic nitrogens is 2. The van der Waals surface area contributed by atoms with E-state index in [9.17, 15) is 0 Å². The van der Waals surface area contributed by atoms with Gasteiger partial charge in [0.15, 0.2) is 0 Å². The second-order valence-corrected chi connectivity index (χ2v) is 5.18. The van der Waals surface area contributed by atoms with E-state index in [1.807, 2.05) is 6.07 Å². The van der Waals surface area contributed by atoms with Gasteiger partial charge in [-0.15, -0.1) is 0 Å². The Hall–Kier alpha value is -2.35. The van der Waals surface area contributed by atoms with Crippen LogP contribution in [0.3, 0.4) is 0 Å². The molecule has 0 aliphatic carbocycles. The van der Waals surface area contributed by atoms with E-state index in [-0.39, 0.29) is 0 Å². The largest absolute Gasteiger partial charge is 0.359 e. The maximum absolute atomic E-state index is 4.71. The third-order valence-corrected chi connectivity index (χ3v) is 3.76. The van der Waals surface area contributed by atoms with Gasteiger partial charge in [-0.1, -0.05) is 18.2 Å². The van der Waals surface area contributed by atoms with Crippen molar-refractivity contribution in [2.75, 3.05) is 0 Å². The summed E-state index contributed by atoms with van der Waals surface area (Å²) in [5, 5.41) is 3.71. The molecule has 0 fully saturated rings. The second-order valence-electron chi connectivity index (χ2n) is 5.18. The van der Waals surface area contributed by atoms with Crippen molar-refractivity contribution < 1.29 is 0 Å². The minimum atomic E-state index is 1.07. The normalized spacial score (nSPS) is 11.7. The fraction of sp³-hybridized carbons (Fsp3) is 0.118. The van der Waals surface area contributed by atoms with Crippen LogP contribution in [0.4, 0.5) is 0 Å².